The number of aromatic nitrogens is 3. The van der Waals surface area contributed by atoms with Gasteiger partial charge in [0.15, 0.2) is 17.4 Å². The van der Waals surface area contributed by atoms with Crippen LogP contribution in [0.5, 0.6) is 5.75 Å². The van der Waals surface area contributed by atoms with Gasteiger partial charge in [0.2, 0.25) is 0 Å². The zero-order valence-corrected chi connectivity index (χ0v) is 18.8. The van der Waals surface area contributed by atoms with Crippen LogP contribution in [0.1, 0.15) is 23.4 Å². The van der Waals surface area contributed by atoms with Gasteiger partial charge in [0.05, 0.1) is 13.2 Å². The number of halogens is 1. The number of hydrogen-bond donors (Lipinski definition) is 2. The molecule has 0 bridgehead atoms. The van der Waals surface area contributed by atoms with Gasteiger partial charge in [-0.1, -0.05) is 24.3 Å². The number of nitrogens with zero attached hydrogens (tertiary/aromatic N) is 4. The van der Waals surface area contributed by atoms with Crippen LogP contribution in [-0.2, 0) is 6.54 Å². The van der Waals surface area contributed by atoms with Crippen molar-refractivity contribution >= 4 is 35.6 Å². The molecular formula is C20H27IN6O. The summed E-state index contributed by atoms with van der Waals surface area (Å²) in [6.07, 6.45) is 2.83. The molecular weight excluding hydrogens is 467 g/mol. The maximum atomic E-state index is 5.93. The van der Waals surface area contributed by atoms with Gasteiger partial charge in [-0.15, -0.1) is 34.2 Å². The van der Waals surface area contributed by atoms with E-state index in [2.05, 4.69) is 51.8 Å². The van der Waals surface area contributed by atoms with Crippen molar-refractivity contribution in [3.63, 3.8) is 0 Å². The van der Waals surface area contributed by atoms with Crippen LogP contribution in [-0.4, -0.2) is 40.8 Å². The number of guanidine groups is 1. The molecule has 0 spiro atoms. The Labute approximate surface area is 182 Å². The molecule has 0 aliphatic heterocycles. The summed E-state index contributed by atoms with van der Waals surface area (Å²) >= 11 is 0. The molecule has 0 radical (unpaired) electrons. The standard InChI is InChI=1S/C20H26N6O.HI/c1-15-8-6-9-16(2)19(15)27-13-7-11-22-20(21-3)23-14-18-25-24-17-10-4-5-12-26(17)18;/h4-6,8-10,12H,7,11,13-14H2,1-3H3,(H2,21,22,23);1H. The molecule has 3 rings (SSSR count). The maximum Gasteiger partial charge on any atom is 0.191 e. The third-order valence-electron chi connectivity index (χ3n) is 4.29. The van der Waals surface area contributed by atoms with Gasteiger partial charge in [-0.25, -0.2) is 0 Å². The highest BCUT2D eigenvalue weighted by molar-refractivity contribution is 14.0. The van der Waals surface area contributed by atoms with Gasteiger partial charge in [-0.2, -0.15) is 0 Å². The highest BCUT2D eigenvalue weighted by Crippen LogP contribution is 2.22. The summed E-state index contributed by atoms with van der Waals surface area (Å²) in [5.41, 5.74) is 3.17. The van der Waals surface area contributed by atoms with Gasteiger partial charge in [-0.05, 0) is 43.5 Å². The lowest BCUT2D eigenvalue weighted by molar-refractivity contribution is 0.307. The summed E-state index contributed by atoms with van der Waals surface area (Å²) in [4.78, 5) is 4.25. The second kappa shape index (κ2) is 10.8. The minimum absolute atomic E-state index is 0. The molecule has 0 fully saturated rings. The smallest absolute Gasteiger partial charge is 0.191 e. The van der Waals surface area contributed by atoms with E-state index in [1.54, 1.807) is 7.05 Å². The number of nitrogens with one attached hydrogen (secondary N) is 2. The van der Waals surface area contributed by atoms with Crippen LogP contribution in [0.4, 0.5) is 0 Å². The topological polar surface area (TPSA) is 75.8 Å². The van der Waals surface area contributed by atoms with E-state index in [1.807, 2.05) is 34.9 Å². The van der Waals surface area contributed by atoms with E-state index in [9.17, 15) is 0 Å². The molecule has 0 amide bonds. The summed E-state index contributed by atoms with van der Waals surface area (Å²) in [5, 5.41) is 14.9. The number of aryl methyl sites for hydroxylation is 2. The molecule has 2 heterocycles. The molecule has 28 heavy (non-hydrogen) atoms. The van der Waals surface area contributed by atoms with Crippen molar-refractivity contribution in [3.05, 3.63) is 59.5 Å². The molecule has 0 saturated carbocycles. The van der Waals surface area contributed by atoms with Gasteiger partial charge >= 0.3 is 0 Å². The van der Waals surface area contributed by atoms with Crippen molar-refractivity contribution in [1.82, 2.24) is 25.2 Å². The quantitative estimate of drug-likeness (QED) is 0.229. The Balaban J connectivity index is 0.00000280. The summed E-state index contributed by atoms with van der Waals surface area (Å²) in [5.74, 6) is 2.56. The number of aliphatic imine (C=N–C) groups is 1. The largest absolute Gasteiger partial charge is 0.493 e. The van der Waals surface area contributed by atoms with Crippen LogP contribution < -0.4 is 15.4 Å². The lowest BCUT2D eigenvalue weighted by Crippen LogP contribution is -2.38. The van der Waals surface area contributed by atoms with Gasteiger partial charge in [0, 0.05) is 19.8 Å². The zero-order chi connectivity index (χ0) is 19.1. The van der Waals surface area contributed by atoms with E-state index < -0.39 is 0 Å². The molecule has 7 nitrogen and oxygen atoms in total. The second-order valence-electron chi connectivity index (χ2n) is 6.32. The first-order valence-corrected chi connectivity index (χ1v) is 9.11. The predicted molar refractivity (Wildman–Crippen MR) is 123 cm³/mol. The minimum Gasteiger partial charge on any atom is -0.493 e. The van der Waals surface area contributed by atoms with Crippen LogP contribution in [0.3, 0.4) is 0 Å². The number of para-hydroxylation sites is 1. The molecule has 8 heteroatoms. The molecule has 2 N–H and O–H groups in total. The first kappa shape index (κ1) is 21.9. The third-order valence-corrected chi connectivity index (χ3v) is 4.29. The molecule has 1 aromatic carbocycles. The van der Waals surface area contributed by atoms with Crippen molar-refractivity contribution in [2.24, 2.45) is 4.99 Å². The number of fused-ring (bicyclic) bond motifs is 1. The molecule has 0 saturated heterocycles. The molecule has 2 aromatic heterocycles. The van der Waals surface area contributed by atoms with E-state index in [4.69, 9.17) is 4.74 Å². The second-order valence-corrected chi connectivity index (χ2v) is 6.32. The van der Waals surface area contributed by atoms with E-state index in [0.717, 1.165) is 36.1 Å². The zero-order valence-electron chi connectivity index (χ0n) is 16.5. The molecule has 150 valence electrons. The van der Waals surface area contributed by atoms with Gasteiger partial charge in [0.25, 0.3) is 0 Å². The normalized spacial score (nSPS) is 11.2. The summed E-state index contributed by atoms with van der Waals surface area (Å²) < 4.78 is 7.89. The van der Waals surface area contributed by atoms with Crippen LogP contribution in [0.15, 0.2) is 47.6 Å². The Morgan fingerprint density at radius 3 is 2.61 bits per heavy atom. The summed E-state index contributed by atoms with van der Waals surface area (Å²) in [6.45, 7) is 6.11. The number of pyridine rings is 1. The first-order chi connectivity index (χ1) is 13.2. The SMILES string of the molecule is CN=C(NCCCOc1c(C)cccc1C)NCc1nnc2ccccn12.I. The third kappa shape index (κ3) is 5.57. The Bertz CT molecular complexity index is 904. The van der Waals surface area contributed by atoms with Crippen LogP contribution in [0.2, 0.25) is 0 Å². The molecule has 0 atom stereocenters. The lowest BCUT2D eigenvalue weighted by Gasteiger charge is -2.13. The number of rotatable bonds is 7. The van der Waals surface area contributed by atoms with Crippen molar-refractivity contribution in [2.75, 3.05) is 20.2 Å². The maximum absolute atomic E-state index is 5.93. The Morgan fingerprint density at radius 2 is 1.86 bits per heavy atom. The molecule has 0 aliphatic rings. The first-order valence-electron chi connectivity index (χ1n) is 9.11. The highest BCUT2D eigenvalue weighted by Gasteiger charge is 2.06. The monoisotopic (exact) mass is 494 g/mol. The fourth-order valence-corrected chi connectivity index (χ4v) is 2.87. The number of benzene rings is 1. The van der Waals surface area contributed by atoms with Crippen molar-refractivity contribution in [1.29, 1.82) is 0 Å². The van der Waals surface area contributed by atoms with Crippen LogP contribution in [0, 0.1) is 13.8 Å². The van der Waals surface area contributed by atoms with Crippen molar-refractivity contribution in [3.8, 4) is 5.75 Å². The summed E-state index contributed by atoms with van der Waals surface area (Å²) in [6, 6.07) is 12.0. The minimum atomic E-state index is 0. The average Bonchev–Trinajstić information content (AvgIpc) is 3.09. The fraction of sp³-hybridized carbons (Fsp3) is 0.350. The number of ether oxygens (including phenoxy) is 1. The van der Waals surface area contributed by atoms with Gasteiger partial charge in [-0.3, -0.25) is 9.39 Å². The van der Waals surface area contributed by atoms with Gasteiger partial charge in [0.1, 0.15) is 5.75 Å². The van der Waals surface area contributed by atoms with E-state index >= 15 is 0 Å². The van der Waals surface area contributed by atoms with Crippen molar-refractivity contribution < 1.29 is 4.74 Å². The molecule has 3 aromatic rings. The lowest BCUT2D eigenvalue weighted by atomic mass is 10.1. The Hall–Kier alpha value is -2.36. The molecule has 0 aliphatic carbocycles. The fourth-order valence-electron chi connectivity index (χ4n) is 2.87. The number of hydrogen-bond acceptors (Lipinski definition) is 4. The van der Waals surface area contributed by atoms with Crippen LogP contribution in [0.25, 0.3) is 5.65 Å². The predicted octanol–water partition coefficient (Wildman–Crippen LogP) is 3.10. The van der Waals surface area contributed by atoms with E-state index in [1.165, 1.54) is 11.1 Å². The Morgan fingerprint density at radius 1 is 1.07 bits per heavy atom. The Kier molecular flexibility index (Phi) is 8.49. The summed E-state index contributed by atoms with van der Waals surface area (Å²) in [7, 11) is 1.75. The molecule has 0 unspecified atom stereocenters. The van der Waals surface area contributed by atoms with E-state index in [-0.39, 0.29) is 24.0 Å². The van der Waals surface area contributed by atoms with E-state index in [0.29, 0.717) is 13.2 Å². The average molecular weight is 494 g/mol. The van der Waals surface area contributed by atoms with Crippen molar-refractivity contribution in [2.45, 2.75) is 26.8 Å². The van der Waals surface area contributed by atoms with Crippen LogP contribution >= 0.6 is 24.0 Å². The highest BCUT2D eigenvalue weighted by atomic mass is 127. The van der Waals surface area contributed by atoms with Gasteiger partial charge < -0.3 is 15.4 Å².